The number of nitrogens with zero attached hydrogens (tertiary/aromatic N) is 2. The number of piperidine rings is 1. The second kappa shape index (κ2) is 8.43. The van der Waals surface area contributed by atoms with Crippen LogP contribution in [0.4, 0.5) is 0 Å². The average molecular weight is 371 g/mol. The van der Waals surface area contributed by atoms with Gasteiger partial charge in [0.1, 0.15) is 10.7 Å². The maximum Gasteiger partial charge on any atom is 0.259 e. The van der Waals surface area contributed by atoms with Crippen molar-refractivity contribution in [2.75, 3.05) is 19.6 Å². The third-order valence-corrected chi connectivity index (χ3v) is 5.88. The molecule has 1 fully saturated rings. The molecule has 0 aromatic carbocycles. The largest absolute Gasteiger partial charge is 0.317 e. The van der Waals surface area contributed by atoms with Crippen LogP contribution in [0.3, 0.4) is 0 Å². The molecule has 5 nitrogen and oxygen atoms in total. The van der Waals surface area contributed by atoms with Gasteiger partial charge in [0.25, 0.3) is 5.56 Å². The summed E-state index contributed by atoms with van der Waals surface area (Å²) in [5, 5.41) is 4.18. The Bertz CT molecular complexity index is 736. The summed E-state index contributed by atoms with van der Waals surface area (Å²) >= 11 is 1.62. The second-order valence-corrected chi connectivity index (χ2v) is 7.63. The minimum Gasteiger partial charge on any atom is -0.317 e. The highest BCUT2D eigenvalue weighted by molar-refractivity contribution is 7.18. The standard InChI is InChI=1S/C17H26N4OS.ClH/c1-4-9-21(13-5-7-18-8-6-13)10-14-19-16(22)15-11(2)12(3)23-17(15)20-14;/h13,18H,4-10H2,1-3H3,(H,19,20,22);1H. The van der Waals surface area contributed by atoms with Crippen LogP contribution in [0.1, 0.15) is 42.5 Å². The summed E-state index contributed by atoms with van der Waals surface area (Å²) in [5.41, 5.74) is 1.07. The van der Waals surface area contributed by atoms with Gasteiger partial charge in [0, 0.05) is 10.9 Å². The van der Waals surface area contributed by atoms with E-state index in [0.29, 0.717) is 6.04 Å². The SMILES string of the molecule is CCCN(Cc1nc2sc(C)c(C)c2c(=O)[nH]1)C1CCNCC1.Cl. The van der Waals surface area contributed by atoms with E-state index >= 15 is 0 Å². The van der Waals surface area contributed by atoms with E-state index in [2.05, 4.69) is 29.0 Å². The van der Waals surface area contributed by atoms with Gasteiger partial charge in [-0.3, -0.25) is 9.69 Å². The van der Waals surface area contributed by atoms with Gasteiger partial charge >= 0.3 is 0 Å². The Kier molecular flexibility index (Phi) is 6.80. The van der Waals surface area contributed by atoms with E-state index in [1.54, 1.807) is 11.3 Å². The van der Waals surface area contributed by atoms with Crippen molar-refractivity contribution in [3.05, 3.63) is 26.6 Å². The molecule has 0 saturated carbocycles. The lowest BCUT2D eigenvalue weighted by Crippen LogP contribution is -2.43. The molecule has 1 aliphatic rings. The van der Waals surface area contributed by atoms with Crippen LogP contribution in [0, 0.1) is 13.8 Å². The van der Waals surface area contributed by atoms with Crippen LogP contribution in [0.25, 0.3) is 10.2 Å². The first-order valence-electron chi connectivity index (χ1n) is 8.53. The molecular weight excluding hydrogens is 344 g/mol. The lowest BCUT2D eigenvalue weighted by atomic mass is 10.0. The van der Waals surface area contributed by atoms with Crippen molar-refractivity contribution in [2.24, 2.45) is 0 Å². The minimum atomic E-state index is 0. The zero-order valence-electron chi connectivity index (χ0n) is 14.6. The van der Waals surface area contributed by atoms with Crippen LogP contribution in [0.15, 0.2) is 4.79 Å². The molecule has 7 heteroatoms. The molecule has 3 heterocycles. The lowest BCUT2D eigenvalue weighted by Gasteiger charge is -2.34. The molecule has 3 rings (SSSR count). The van der Waals surface area contributed by atoms with Gasteiger partial charge in [-0.2, -0.15) is 0 Å². The summed E-state index contributed by atoms with van der Waals surface area (Å²) in [6, 6.07) is 0.587. The van der Waals surface area contributed by atoms with Crippen LogP contribution < -0.4 is 10.9 Å². The van der Waals surface area contributed by atoms with Crippen molar-refractivity contribution in [3.8, 4) is 0 Å². The molecule has 0 amide bonds. The summed E-state index contributed by atoms with van der Waals surface area (Å²) in [4.78, 5) is 24.7. The predicted octanol–water partition coefficient (Wildman–Crippen LogP) is 2.99. The maximum absolute atomic E-state index is 12.4. The zero-order chi connectivity index (χ0) is 16.4. The molecule has 0 aliphatic carbocycles. The highest BCUT2D eigenvalue weighted by Crippen LogP contribution is 2.26. The summed E-state index contributed by atoms with van der Waals surface area (Å²) in [7, 11) is 0. The van der Waals surface area contributed by atoms with Crippen LogP contribution in [-0.4, -0.2) is 40.5 Å². The van der Waals surface area contributed by atoms with Gasteiger partial charge in [0.05, 0.1) is 11.9 Å². The number of nitrogens with one attached hydrogen (secondary N) is 2. The van der Waals surface area contributed by atoms with Crippen LogP contribution in [0.2, 0.25) is 0 Å². The van der Waals surface area contributed by atoms with E-state index in [1.165, 1.54) is 17.7 Å². The van der Waals surface area contributed by atoms with Crippen molar-refractivity contribution in [1.29, 1.82) is 0 Å². The van der Waals surface area contributed by atoms with E-state index in [9.17, 15) is 4.79 Å². The molecule has 1 saturated heterocycles. The molecule has 0 unspecified atom stereocenters. The average Bonchev–Trinajstić information content (AvgIpc) is 2.83. The van der Waals surface area contributed by atoms with E-state index in [0.717, 1.165) is 54.2 Å². The third kappa shape index (κ3) is 3.99. The molecule has 2 aromatic heterocycles. The molecule has 134 valence electrons. The Morgan fingerprint density at radius 3 is 2.67 bits per heavy atom. The molecular formula is C17H27ClN4OS. The number of thiophene rings is 1. The van der Waals surface area contributed by atoms with Crippen molar-refractivity contribution in [1.82, 2.24) is 20.2 Å². The van der Waals surface area contributed by atoms with E-state index in [1.807, 2.05) is 6.92 Å². The van der Waals surface area contributed by atoms with Gasteiger partial charge in [-0.1, -0.05) is 6.92 Å². The number of aromatic amines is 1. The number of hydrogen-bond acceptors (Lipinski definition) is 5. The van der Waals surface area contributed by atoms with Gasteiger partial charge in [0.15, 0.2) is 0 Å². The molecule has 0 spiro atoms. The fourth-order valence-electron chi connectivity index (χ4n) is 3.42. The lowest BCUT2D eigenvalue weighted by molar-refractivity contribution is 0.150. The Morgan fingerprint density at radius 1 is 1.29 bits per heavy atom. The number of aromatic nitrogens is 2. The highest BCUT2D eigenvalue weighted by Gasteiger charge is 2.22. The van der Waals surface area contributed by atoms with Crippen LogP contribution in [-0.2, 0) is 6.54 Å². The molecule has 2 N–H and O–H groups in total. The summed E-state index contributed by atoms with van der Waals surface area (Å²) in [5.74, 6) is 0.802. The number of rotatable bonds is 5. The van der Waals surface area contributed by atoms with E-state index < -0.39 is 0 Å². The van der Waals surface area contributed by atoms with E-state index in [4.69, 9.17) is 4.98 Å². The Balaban J connectivity index is 0.00000208. The molecule has 0 atom stereocenters. The Morgan fingerprint density at radius 2 is 2.00 bits per heavy atom. The predicted molar refractivity (Wildman–Crippen MR) is 104 cm³/mol. The number of H-pyrrole nitrogens is 1. The van der Waals surface area contributed by atoms with Crippen molar-refractivity contribution >= 4 is 34.0 Å². The first kappa shape index (κ1) is 19.4. The van der Waals surface area contributed by atoms with Crippen LogP contribution in [0.5, 0.6) is 0 Å². The minimum absolute atomic E-state index is 0. The first-order valence-corrected chi connectivity index (χ1v) is 9.35. The highest BCUT2D eigenvalue weighted by atomic mass is 35.5. The number of fused-ring (bicyclic) bond motifs is 1. The van der Waals surface area contributed by atoms with Gasteiger partial charge in [-0.15, -0.1) is 23.7 Å². The number of halogens is 1. The fourth-order valence-corrected chi connectivity index (χ4v) is 4.47. The quantitative estimate of drug-likeness (QED) is 0.849. The maximum atomic E-state index is 12.4. The second-order valence-electron chi connectivity index (χ2n) is 6.43. The summed E-state index contributed by atoms with van der Waals surface area (Å²) in [6.45, 7) is 10.2. The molecule has 0 radical (unpaired) electrons. The van der Waals surface area contributed by atoms with Crippen molar-refractivity contribution in [3.63, 3.8) is 0 Å². The van der Waals surface area contributed by atoms with Crippen molar-refractivity contribution in [2.45, 2.75) is 52.6 Å². The molecule has 2 aromatic rings. The Labute approximate surface area is 153 Å². The topological polar surface area (TPSA) is 61.0 Å². The summed E-state index contributed by atoms with van der Waals surface area (Å²) < 4.78 is 0. The smallest absolute Gasteiger partial charge is 0.259 e. The third-order valence-electron chi connectivity index (χ3n) is 4.78. The monoisotopic (exact) mass is 370 g/mol. The molecule has 1 aliphatic heterocycles. The van der Waals surface area contributed by atoms with Gasteiger partial charge in [0.2, 0.25) is 0 Å². The van der Waals surface area contributed by atoms with Gasteiger partial charge in [-0.05, 0) is 58.3 Å². The molecule has 0 bridgehead atoms. The van der Waals surface area contributed by atoms with E-state index in [-0.39, 0.29) is 18.0 Å². The van der Waals surface area contributed by atoms with Gasteiger partial charge in [-0.25, -0.2) is 4.98 Å². The number of aryl methyl sites for hydroxylation is 2. The normalized spacial score (nSPS) is 15.8. The van der Waals surface area contributed by atoms with Crippen molar-refractivity contribution < 1.29 is 0 Å². The number of hydrogen-bond donors (Lipinski definition) is 2. The Hall–Kier alpha value is -0.950. The fraction of sp³-hybridized carbons (Fsp3) is 0.647. The summed E-state index contributed by atoms with van der Waals surface area (Å²) in [6.07, 6.45) is 3.46. The van der Waals surface area contributed by atoms with Crippen LogP contribution >= 0.6 is 23.7 Å². The zero-order valence-corrected chi connectivity index (χ0v) is 16.3. The molecule has 24 heavy (non-hydrogen) atoms. The van der Waals surface area contributed by atoms with Gasteiger partial charge < -0.3 is 10.3 Å². The first-order chi connectivity index (χ1) is 11.1.